The van der Waals surface area contributed by atoms with Crippen LogP contribution < -0.4 is 14.4 Å². The van der Waals surface area contributed by atoms with Gasteiger partial charge in [0.15, 0.2) is 6.61 Å². The normalized spacial score (nSPS) is 11.5. The average Bonchev–Trinajstić information content (AvgIpc) is 2.70. The fraction of sp³-hybridized carbons (Fsp3) is 0.333. The van der Waals surface area contributed by atoms with E-state index in [9.17, 15) is 9.59 Å². The summed E-state index contributed by atoms with van der Waals surface area (Å²) in [7, 11) is 3.36. The summed E-state index contributed by atoms with van der Waals surface area (Å²) in [6, 6.07) is 14.6. The van der Waals surface area contributed by atoms with Gasteiger partial charge >= 0.3 is 5.97 Å². The largest absolute Gasteiger partial charge is 0.497 e. The van der Waals surface area contributed by atoms with Crippen LogP contribution in [0.4, 0.5) is 5.69 Å². The van der Waals surface area contributed by atoms with E-state index in [2.05, 4.69) is 6.92 Å². The number of benzene rings is 2. The lowest BCUT2D eigenvalue weighted by Crippen LogP contribution is -2.27. The van der Waals surface area contributed by atoms with E-state index in [0.29, 0.717) is 12.2 Å². The third kappa shape index (κ3) is 5.74. The van der Waals surface area contributed by atoms with E-state index in [1.54, 1.807) is 43.3 Å². The highest BCUT2D eigenvalue weighted by molar-refractivity contribution is 5.93. The van der Waals surface area contributed by atoms with Gasteiger partial charge in [-0.25, -0.2) is 4.79 Å². The number of hydrogen-bond donors (Lipinski definition) is 1. The van der Waals surface area contributed by atoms with Crippen LogP contribution in [0.3, 0.4) is 0 Å². The standard InChI is InChI=1S/C21H25NO5/c1-4-15(16-5-9-18(26-3)10-6-16)13-20(23)22(2)17-7-11-19(12-8-17)27-14-21(24)25/h5-12,15H,4,13-14H2,1-3H3,(H,24,25). The monoisotopic (exact) mass is 371 g/mol. The Kier molecular flexibility index (Phi) is 7.23. The molecule has 0 aliphatic heterocycles. The van der Waals surface area contributed by atoms with E-state index < -0.39 is 12.6 Å². The molecule has 2 rings (SSSR count). The van der Waals surface area contributed by atoms with E-state index in [-0.39, 0.29) is 11.8 Å². The first-order valence-corrected chi connectivity index (χ1v) is 8.79. The van der Waals surface area contributed by atoms with Gasteiger partial charge < -0.3 is 19.5 Å². The van der Waals surface area contributed by atoms with E-state index in [1.165, 1.54) is 0 Å². The maximum absolute atomic E-state index is 12.7. The molecule has 0 aliphatic carbocycles. The molecule has 6 nitrogen and oxygen atoms in total. The number of ether oxygens (including phenoxy) is 2. The highest BCUT2D eigenvalue weighted by atomic mass is 16.5. The van der Waals surface area contributed by atoms with E-state index in [1.807, 2.05) is 24.3 Å². The number of carbonyl (C=O) groups excluding carboxylic acids is 1. The van der Waals surface area contributed by atoms with Gasteiger partial charge in [0.25, 0.3) is 0 Å². The van der Waals surface area contributed by atoms with Gasteiger partial charge in [-0.15, -0.1) is 0 Å². The Morgan fingerprint density at radius 3 is 2.15 bits per heavy atom. The Bertz CT molecular complexity index is 755. The topological polar surface area (TPSA) is 76.1 Å². The summed E-state index contributed by atoms with van der Waals surface area (Å²) < 4.78 is 10.3. The second kappa shape index (κ2) is 9.62. The molecule has 1 unspecified atom stereocenters. The van der Waals surface area contributed by atoms with Crippen LogP contribution in [0.2, 0.25) is 0 Å². The predicted octanol–water partition coefficient (Wildman–Crippen LogP) is 3.71. The van der Waals surface area contributed by atoms with Crippen molar-refractivity contribution in [3.8, 4) is 11.5 Å². The van der Waals surface area contributed by atoms with Crippen LogP contribution in [-0.2, 0) is 9.59 Å². The van der Waals surface area contributed by atoms with Crippen molar-refractivity contribution < 1.29 is 24.2 Å². The Labute approximate surface area is 159 Å². The number of hydrogen-bond acceptors (Lipinski definition) is 4. The summed E-state index contributed by atoms with van der Waals surface area (Å²) in [5.74, 6) is 0.352. The molecule has 144 valence electrons. The van der Waals surface area contributed by atoms with E-state index in [4.69, 9.17) is 14.6 Å². The molecule has 0 bridgehead atoms. The molecule has 27 heavy (non-hydrogen) atoms. The van der Waals surface area contributed by atoms with Crippen LogP contribution >= 0.6 is 0 Å². The lowest BCUT2D eigenvalue weighted by atomic mass is 9.92. The quantitative estimate of drug-likeness (QED) is 0.727. The molecule has 0 aromatic heterocycles. The highest BCUT2D eigenvalue weighted by Crippen LogP contribution is 2.27. The Hall–Kier alpha value is -3.02. The van der Waals surface area contributed by atoms with Gasteiger partial charge in [-0.05, 0) is 54.3 Å². The zero-order valence-corrected chi connectivity index (χ0v) is 15.8. The van der Waals surface area contributed by atoms with Crippen LogP contribution in [0.1, 0.15) is 31.2 Å². The molecule has 6 heteroatoms. The smallest absolute Gasteiger partial charge is 0.341 e. The molecule has 1 N–H and O–H groups in total. The molecule has 2 aromatic carbocycles. The SMILES string of the molecule is CCC(CC(=O)N(C)c1ccc(OCC(=O)O)cc1)c1ccc(OC)cc1. The van der Waals surface area contributed by atoms with Crippen LogP contribution in [0.25, 0.3) is 0 Å². The molecule has 0 saturated heterocycles. The zero-order valence-electron chi connectivity index (χ0n) is 15.8. The van der Waals surface area contributed by atoms with Gasteiger partial charge in [0.2, 0.25) is 5.91 Å². The van der Waals surface area contributed by atoms with Gasteiger partial charge in [-0.2, -0.15) is 0 Å². The average molecular weight is 371 g/mol. The molecule has 2 aromatic rings. The number of anilines is 1. The summed E-state index contributed by atoms with van der Waals surface area (Å²) in [4.78, 5) is 24.8. The lowest BCUT2D eigenvalue weighted by Gasteiger charge is -2.22. The summed E-state index contributed by atoms with van der Waals surface area (Å²) in [5.41, 5.74) is 1.84. The fourth-order valence-corrected chi connectivity index (χ4v) is 2.78. The maximum atomic E-state index is 12.7. The number of carbonyl (C=O) groups is 2. The predicted molar refractivity (Wildman–Crippen MR) is 104 cm³/mol. The van der Waals surface area contributed by atoms with Crippen molar-refractivity contribution in [2.45, 2.75) is 25.7 Å². The molecule has 1 atom stereocenters. The second-order valence-corrected chi connectivity index (χ2v) is 6.21. The van der Waals surface area contributed by atoms with Gasteiger partial charge in [0.1, 0.15) is 11.5 Å². The Morgan fingerprint density at radius 1 is 1.04 bits per heavy atom. The van der Waals surface area contributed by atoms with Crippen LogP contribution in [0.15, 0.2) is 48.5 Å². The number of methoxy groups -OCH3 is 1. The summed E-state index contributed by atoms with van der Waals surface area (Å²) in [6.45, 7) is 1.67. The first-order chi connectivity index (χ1) is 12.9. The van der Waals surface area contributed by atoms with E-state index in [0.717, 1.165) is 23.4 Å². The molecule has 0 fully saturated rings. The minimum absolute atomic E-state index is 0.0110. The number of carboxylic acid groups (broad SMARTS) is 1. The molecule has 1 amide bonds. The summed E-state index contributed by atoms with van der Waals surface area (Å²) >= 11 is 0. The van der Waals surface area contributed by atoms with Crippen LogP contribution in [0, 0.1) is 0 Å². The van der Waals surface area contributed by atoms with Crippen molar-refractivity contribution in [2.75, 3.05) is 25.7 Å². The van der Waals surface area contributed by atoms with Gasteiger partial charge in [0.05, 0.1) is 7.11 Å². The molecule has 0 spiro atoms. The number of aliphatic carboxylic acids is 1. The third-order valence-electron chi connectivity index (χ3n) is 4.46. The van der Waals surface area contributed by atoms with Crippen molar-refractivity contribution >= 4 is 17.6 Å². The molecular formula is C21H25NO5. The van der Waals surface area contributed by atoms with Crippen molar-refractivity contribution in [1.82, 2.24) is 0 Å². The van der Waals surface area contributed by atoms with Crippen molar-refractivity contribution in [3.05, 3.63) is 54.1 Å². The van der Waals surface area contributed by atoms with Gasteiger partial charge in [-0.1, -0.05) is 19.1 Å². The van der Waals surface area contributed by atoms with Crippen molar-refractivity contribution in [1.29, 1.82) is 0 Å². The van der Waals surface area contributed by atoms with Crippen molar-refractivity contribution in [3.63, 3.8) is 0 Å². The molecule has 0 saturated carbocycles. The number of carboxylic acids is 1. The third-order valence-corrected chi connectivity index (χ3v) is 4.46. The van der Waals surface area contributed by atoms with Crippen LogP contribution in [-0.4, -0.2) is 37.7 Å². The van der Waals surface area contributed by atoms with Gasteiger partial charge in [0, 0.05) is 19.2 Å². The number of amides is 1. The number of nitrogens with zero attached hydrogens (tertiary/aromatic N) is 1. The number of rotatable bonds is 9. The minimum atomic E-state index is -1.03. The van der Waals surface area contributed by atoms with Gasteiger partial charge in [-0.3, -0.25) is 4.79 Å². The maximum Gasteiger partial charge on any atom is 0.341 e. The Balaban J connectivity index is 2.01. The van der Waals surface area contributed by atoms with E-state index >= 15 is 0 Å². The zero-order chi connectivity index (χ0) is 19.8. The first kappa shape index (κ1) is 20.3. The highest BCUT2D eigenvalue weighted by Gasteiger charge is 2.18. The fourth-order valence-electron chi connectivity index (χ4n) is 2.78. The molecular weight excluding hydrogens is 346 g/mol. The summed E-state index contributed by atoms with van der Waals surface area (Å²) in [6.07, 6.45) is 1.25. The van der Waals surface area contributed by atoms with Crippen molar-refractivity contribution in [2.24, 2.45) is 0 Å². The summed E-state index contributed by atoms with van der Waals surface area (Å²) in [5, 5.41) is 8.64. The lowest BCUT2D eigenvalue weighted by molar-refractivity contribution is -0.139. The minimum Gasteiger partial charge on any atom is -0.497 e. The molecule has 0 radical (unpaired) electrons. The Morgan fingerprint density at radius 2 is 1.63 bits per heavy atom. The molecule has 0 aliphatic rings. The molecule has 0 heterocycles. The first-order valence-electron chi connectivity index (χ1n) is 8.79. The second-order valence-electron chi connectivity index (χ2n) is 6.21. The van der Waals surface area contributed by atoms with Crippen LogP contribution in [0.5, 0.6) is 11.5 Å².